The van der Waals surface area contributed by atoms with E-state index in [4.69, 9.17) is 4.74 Å². The molecule has 94 valence electrons. The van der Waals surface area contributed by atoms with Crippen LogP contribution in [0, 0.1) is 0 Å². The normalized spacial score (nSPS) is 16.8. The zero-order chi connectivity index (χ0) is 12.6. The maximum Gasteiger partial charge on any atom is 0.438 e. The first-order valence-corrected chi connectivity index (χ1v) is 5.39. The summed E-state index contributed by atoms with van der Waals surface area (Å²) in [5.74, 6) is -0.0699. The fraction of sp³-hybridized carbons (Fsp3) is 0.700. The molecule has 0 bridgehead atoms. The first-order chi connectivity index (χ1) is 7.85. The second-order valence-electron chi connectivity index (χ2n) is 5.06. The van der Waals surface area contributed by atoms with Crippen molar-refractivity contribution in [2.45, 2.75) is 32.3 Å². The van der Waals surface area contributed by atoms with Gasteiger partial charge in [0.1, 0.15) is 5.60 Å². The second-order valence-corrected chi connectivity index (χ2v) is 5.06. The van der Waals surface area contributed by atoms with Crippen LogP contribution in [-0.2, 0) is 4.74 Å². The summed E-state index contributed by atoms with van der Waals surface area (Å²) in [7, 11) is 0. The first-order valence-electron chi connectivity index (χ1n) is 5.39. The number of hydrogen-bond donors (Lipinski definition) is 1. The molecule has 17 heavy (non-hydrogen) atoms. The van der Waals surface area contributed by atoms with E-state index in [9.17, 15) is 9.59 Å². The zero-order valence-electron chi connectivity index (χ0n) is 10.0. The van der Waals surface area contributed by atoms with Gasteiger partial charge in [-0.25, -0.2) is 9.59 Å². The Bertz CT molecular complexity index is 464. The van der Waals surface area contributed by atoms with Crippen molar-refractivity contribution in [1.29, 1.82) is 0 Å². The quantitative estimate of drug-likeness (QED) is 0.781. The average Bonchev–Trinajstić information content (AvgIpc) is 2.45. The number of carbonyl (C=O) groups excluding carboxylic acids is 1. The molecule has 0 unspecified atom stereocenters. The van der Waals surface area contributed by atoms with Gasteiger partial charge in [0, 0.05) is 13.1 Å². The molecule has 1 aromatic heterocycles. The van der Waals surface area contributed by atoms with Crippen molar-refractivity contribution in [3.8, 4) is 0 Å². The third-order valence-electron chi connectivity index (χ3n) is 2.38. The van der Waals surface area contributed by atoms with Gasteiger partial charge in [-0.15, -0.1) is 0 Å². The van der Waals surface area contributed by atoms with Gasteiger partial charge in [0.15, 0.2) is 5.82 Å². The summed E-state index contributed by atoms with van der Waals surface area (Å²) in [6, 6.07) is 0. The van der Waals surface area contributed by atoms with Crippen LogP contribution in [0.1, 0.15) is 32.5 Å². The highest BCUT2D eigenvalue weighted by Crippen LogP contribution is 2.25. The Hall–Kier alpha value is -1.79. The number of nitrogens with one attached hydrogen (secondary N) is 1. The van der Waals surface area contributed by atoms with E-state index in [1.807, 2.05) is 20.8 Å². The maximum absolute atomic E-state index is 11.6. The molecule has 0 saturated carbocycles. The van der Waals surface area contributed by atoms with E-state index in [2.05, 4.69) is 14.7 Å². The highest BCUT2D eigenvalue weighted by atomic mass is 16.6. The van der Waals surface area contributed by atoms with Crippen molar-refractivity contribution in [2.24, 2.45) is 0 Å². The van der Waals surface area contributed by atoms with Gasteiger partial charge in [0.2, 0.25) is 0 Å². The number of aromatic amines is 1. The molecular weight excluding hydrogens is 226 g/mol. The SMILES string of the molecule is CC(C)(C)OC(=O)N1CC(c2noc(=O)[nH]2)C1. The van der Waals surface area contributed by atoms with Gasteiger partial charge in [-0.3, -0.25) is 9.51 Å². The third kappa shape index (κ3) is 2.66. The van der Waals surface area contributed by atoms with E-state index >= 15 is 0 Å². The number of amides is 1. The number of ether oxygens (including phenoxy) is 1. The number of rotatable bonds is 1. The number of aromatic nitrogens is 2. The zero-order valence-corrected chi connectivity index (χ0v) is 10.0. The highest BCUT2D eigenvalue weighted by molar-refractivity contribution is 5.69. The summed E-state index contributed by atoms with van der Waals surface area (Å²) in [5.41, 5.74) is -0.496. The van der Waals surface area contributed by atoms with Crippen molar-refractivity contribution in [1.82, 2.24) is 15.0 Å². The van der Waals surface area contributed by atoms with Gasteiger partial charge in [-0.1, -0.05) is 5.16 Å². The van der Waals surface area contributed by atoms with Crippen molar-refractivity contribution in [3.05, 3.63) is 16.4 Å². The number of nitrogens with zero attached hydrogens (tertiary/aromatic N) is 2. The molecule has 0 spiro atoms. The van der Waals surface area contributed by atoms with Crippen LogP contribution in [0.5, 0.6) is 0 Å². The maximum atomic E-state index is 11.6. The Morgan fingerprint density at radius 1 is 1.53 bits per heavy atom. The van der Waals surface area contributed by atoms with Gasteiger partial charge in [0.25, 0.3) is 0 Å². The molecular formula is C10H15N3O4. The lowest BCUT2D eigenvalue weighted by molar-refractivity contribution is 0.00734. The lowest BCUT2D eigenvalue weighted by atomic mass is 10.0. The smallest absolute Gasteiger partial charge is 0.438 e. The molecule has 1 fully saturated rings. The monoisotopic (exact) mass is 241 g/mol. The van der Waals surface area contributed by atoms with Crippen LogP contribution in [0.25, 0.3) is 0 Å². The van der Waals surface area contributed by atoms with Crippen LogP contribution in [0.3, 0.4) is 0 Å². The minimum Gasteiger partial charge on any atom is -0.444 e. The molecule has 7 heteroatoms. The van der Waals surface area contributed by atoms with E-state index in [-0.39, 0.29) is 12.0 Å². The van der Waals surface area contributed by atoms with E-state index in [0.29, 0.717) is 18.9 Å². The Labute approximate surface area is 97.7 Å². The molecule has 0 aliphatic carbocycles. The lowest BCUT2D eigenvalue weighted by Gasteiger charge is -2.38. The molecule has 2 heterocycles. The molecule has 1 aliphatic heterocycles. The van der Waals surface area contributed by atoms with E-state index < -0.39 is 11.4 Å². The average molecular weight is 241 g/mol. The van der Waals surface area contributed by atoms with Crippen LogP contribution in [0.2, 0.25) is 0 Å². The van der Waals surface area contributed by atoms with Crippen LogP contribution < -0.4 is 5.76 Å². The highest BCUT2D eigenvalue weighted by Gasteiger charge is 2.36. The molecule has 1 aromatic rings. The minimum absolute atomic E-state index is 0.0222. The molecule has 1 N–H and O–H groups in total. The third-order valence-corrected chi connectivity index (χ3v) is 2.38. The van der Waals surface area contributed by atoms with Gasteiger partial charge < -0.3 is 9.64 Å². The molecule has 1 saturated heterocycles. The molecule has 2 rings (SSSR count). The fourth-order valence-electron chi connectivity index (χ4n) is 1.54. The Morgan fingerprint density at radius 3 is 2.65 bits per heavy atom. The van der Waals surface area contributed by atoms with Crippen molar-refractivity contribution >= 4 is 6.09 Å². The van der Waals surface area contributed by atoms with Gasteiger partial charge in [-0.05, 0) is 20.8 Å². The number of carbonyl (C=O) groups is 1. The van der Waals surface area contributed by atoms with E-state index in [1.54, 1.807) is 4.90 Å². The second kappa shape index (κ2) is 3.90. The predicted molar refractivity (Wildman–Crippen MR) is 57.7 cm³/mol. The summed E-state index contributed by atoms with van der Waals surface area (Å²) in [4.78, 5) is 26.4. The Kier molecular flexibility index (Phi) is 2.68. The fourth-order valence-corrected chi connectivity index (χ4v) is 1.54. The standard InChI is InChI=1S/C10H15N3O4/c1-10(2,3)16-9(15)13-4-6(5-13)7-11-8(14)17-12-7/h6H,4-5H2,1-3H3,(H,11,12,14). The molecule has 0 atom stereocenters. The lowest BCUT2D eigenvalue weighted by Crippen LogP contribution is -2.50. The van der Waals surface area contributed by atoms with Crippen molar-refractivity contribution in [3.63, 3.8) is 0 Å². The molecule has 0 aromatic carbocycles. The predicted octanol–water partition coefficient (Wildman–Crippen LogP) is 0.697. The number of likely N-dealkylation sites (tertiary alicyclic amines) is 1. The summed E-state index contributed by atoms with van der Waals surface area (Å²) in [6.07, 6.45) is -0.348. The van der Waals surface area contributed by atoms with Crippen LogP contribution >= 0.6 is 0 Å². The molecule has 0 radical (unpaired) electrons. The van der Waals surface area contributed by atoms with Crippen molar-refractivity contribution < 1.29 is 14.1 Å². The van der Waals surface area contributed by atoms with Gasteiger partial charge >= 0.3 is 11.8 Å². The number of hydrogen-bond acceptors (Lipinski definition) is 5. The van der Waals surface area contributed by atoms with E-state index in [0.717, 1.165) is 0 Å². The summed E-state index contributed by atoms with van der Waals surface area (Å²) in [5, 5.41) is 3.58. The van der Waals surface area contributed by atoms with Crippen LogP contribution in [-0.4, -0.2) is 39.8 Å². The number of H-pyrrole nitrogens is 1. The molecule has 1 amide bonds. The van der Waals surface area contributed by atoms with Crippen LogP contribution in [0.4, 0.5) is 4.79 Å². The summed E-state index contributed by atoms with van der Waals surface area (Å²) >= 11 is 0. The minimum atomic E-state index is -0.573. The Balaban J connectivity index is 1.87. The van der Waals surface area contributed by atoms with Crippen LogP contribution in [0.15, 0.2) is 9.32 Å². The topological polar surface area (TPSA) is 88.4 Å². The van der Waals surface area contributed by atoms with Gasteiger partial charge in [0.05, 0.1) is 5.92 Å². The Morgan fingerprint density at radius 2 is 2.18 bits per heavy atom. The molecule has 7 nitrogen and oxygen atoms in total. The largest absolute Gasteiger partial charge is 0.444 e. The molecule has 1 aliphatic rings. The van der Waals surface area contributed by atoms with E-state index in [1.165, 1.54) is 0 Å². The van der Waals surface area contributed by atoms with Crippen molar-refractivity contribution in [2.75, 3.05) is 13.1 Å². The summed E-state index contributed by atoms with van der Waals surface area (Å²) < 4.78 is 9.60. The van der Waals surface area contributed by atoms with Gasteiger partial charge in [-0.2, -0.15) is 0 Å². The summed E-state index contributed by atoms with van der Waals surface area (Å²) in [6.45, 7) is 6.42. The first kappa shape index (κ1) is 11.7.